The molecule has 3 aromatic rings. The second-order valence-electron chi connectivity index (χ2n) is 6.69. The molecule has 0 aliphatic rings. The molecule has 0 bridgehead atoms. The number of amides is 1. The number of carbonyl (C=O) groups excluding carboxylic acids is 1. The highest BCUT2D eigenvalue weighted by Crippen LogP contribution is 2.34. The highest BCUT2D eigenvalue weighted by molar-refractivity contribution is 5.95. The summed E-state index contributed by atoms with van der Waals surface area (Å²) in [5, 5.41) is 7.05. The molecule has 0 saturated heterocycles. The Balaban J connectivity index is 1.94. The van der Waals surface area contributed by atoms with Crippen LogP contribution in [0.4, 0.5) is 13.2 Å². The Morgan fingerprint density at radius 3 is 2.53 bits per heavy atom. The van der Waals surface area contributed by atoms with Crippen LogP contribution in [-0.2, 0) is 13.2 Å². The van der Waals surface area contributed by atoms with E-state index in [4.69, 9.17) is 10.5 Å². The first kappa shape index (κ1) is 21.3. The van der Waals surface area contributed by atoms with Crippen molar-refractivity contribution in [3.63, 3.8) is 0 Å². The van der Waals surface area contributed by atoms with Crippen LogP contribution in [0.2, 0.25) is 0 Å². The normalized spacial score (nSPS) is 12.5. The maximum Gasteiger partial charge on any atom is 0.416 e. The molecule has 1 atom stereocenters. The monoisotopic (exact) mass is 419 g/mol. The number of hydrogen-bond acceptors (Lipinski definition) is 5. The summed E-state index contributed by atoms with van der Waals surface area (Å²) in [5.74, 6) is -0.0859. The number of carbonyl (C=O) groups is 1. The van der Waals surface area contributed by atoms with Crippen molar-refractivity contribution < 1.29 is 22.7 Å². The van der Waals surface area contributed by atoms with Gasteiger partial charge in [-0.1, -0.05) is 0 Å². The van der Waals surface area contributed by atoms with Crippen LogP contribution in [0.25, 0.3) is 11.3 Å². The lowest BCUT2D eigenvalue weighted by molar-refractivity contribution is -0.137. The molecular formula is C20H20F3N5O2. The number of alkyl halides is 3. The van der Waals surface area contributed by atoms with Crippen molar-refractivity contribution in [3.05, 3.63) is 59.9 Å². The zero-order valence-electron chi connectivity index (χ0n) is 16.3. The summed E-state index contributed by atoms with van der Waals surface area (Å²) in [5.41, 5.74) is 5.94. The average Bonchev–Trinajstić information content (AvgIpc) is 3.14. The fraction of sp³-hybridized carbons (Fsp3) is 0.250. The van der Waals surface area contributed by atoms with Crippen LogP contribution < -0.4 is 15.8 Å². The lowest BCUT2D eigenvalue weighted by Crippen LogP contribution is -2.37. The molecule has 3 rings (SSSR count). The van der Waals surface area contributed by atoms with E-state index >= 15 is 0 Å². The molecule has 158 valence electrons. The third-order valence-corrected chi connectivity index (χ3v) is 4.23. The highest BCUT2D eigenvalue weighted by atomic mass is 19.4. The summed E-state index contributed by atoms with van der Waals surface area (Å²) in [4.78, 5) is 16.6. The van der Waals surface area contributed by atoms with Crippen LogP contribution in [0.1, 0.15) is 22.8 Å². The molecule has 1 amide bonds. The van der Waals surface area contributed by atoms with Crippen molar-refractivity contribution in [2.45, 2.75) is 19.1 Å². The van der Waals surface area contributed by atoms with Gasteiger partial charge in [0.1, 0.15) is 5.75 Å². The minimum atomic E-state index is -4.44. The van der Waals surface area contributed by atoms with E-state index in [-0.39, 0.29) is 35.7 Å². The number of aromatic nitrogens is 3. The second-order valence-corrected chi connectivity index (χ2v) is 6.69. The van der Waals surface area contributed by atoms with Gasteiger partial charge in [0.15, 0.2) is 0 Å². The van der Waals surface area contributed by atoms with Crippen LogP contribution in [-0.4, -0.2) is 33.3 Å². The van der Waals surface area contributed by atoms with E-state index in [1.165, 1.54) is 18.3 Å². The number of nitrogens with one attached hydrogen (secondary N) is 1. The molecule has 7 nitrogen and oxygen atoms in total. The third kappa shape index (κ3) is 4.95. The van der Waals surface area contributed by atoms with Crippen molar-refractivity contribution in [2.24, 2.45) is 12.8 Å². The third-order valence-electron chi connectivity index (χ3n) is 4.23. The fourth-order valence-corrected chi connectivity index (χ4v) is 2.59. The molecule has 0 fully saturated rings. The van der Waals surface area contributed by atoms with Crippen molar-refractivity contribution >= 4 is 5.91 Å². The maximum absolute atomic E-state index is 12.8. The molecule has 0 aliphatic heterocycles. The van der Waals surface area contributed by atoms with Crippen molar-refractivity contribution in [3.8, 4) is 22.9 Å². The van der Waals surface area contributed by atoms with Gasteiger partial charge in [0.2, 0.25) is 5.88 Å². The molecule has 2 heterocycles. The van der Waals surface area contributed by atoms with Gasteiger partial charge in [-0.15, -0.1) is 0 Å². The number of aryl methyl sites for hydroxylation is 1. The predicted molar refractivity (Wildman–Crippen MR) is 104 cm³/mol. The summed E-state index contributed by atoms with van der Waals surface area (Å²) in [7, 11) is 1.73. The Hall–Kier alpha value is -3.40. The highest BCUT2D eigenvalue weighted by Gasteiger charge is 2.30. The Bertz CT molecular complexity index is 1030. The van der Waals surface area contributed by atoms with E-state index in [1.807, 2.05) is 0 Å². The van der Waals surface area contributed by atoms with Crippen LogP contribution >= 0.6 is 0 Å². The SMILES string of the molecule is C[C@@H](CN)NC(=O)c1cnc(Oc2ccc(C(F)(F)F)cc2)c(-c2ccn(C)n2)c1. The van der Waals surface area contributed by atoms with E-state index in [9.17, 15) is 18.0 Å². The zero-order chi connectivity index (χ0) is 21.9. The van der Waals surface area contributed by atoms with Gasteiger partial charge in [0.05, 0.1) is 22.4 Å². The number of nitrogens with zero attached hydrogens (tertiary/aromatic N) is 3. The molecule has 3 N–H and O–H groups in total. The summed E-state index contributed by atoms with van der Waals surface area (Å²) in [6, 6.07) is 7.30. The first-order valence-electron chi connectivity index (χ1n) is 9.03. The Labute approximate surface area is 170 Å². The lowest BCUT2D eigenvalue weighted by atomic mass is 10.1. The first-order valence-corrected chi connectivity index (χ1v) is 9.03. The molecule has 0 unspecified atom stereocenters. The summed E-state index contributed by atoms with van der Waals surface area (Å²) in [6.45, 7) is 2.05. The molecule has 0 radical (unpaired) electrons. The van der Waals surface area contributed by atoms with E-state index in [0.717, 1.165) is 12.1 Å². The van der Waals surface area contributed by atoms with Gasteiger partial charge in [-0.2, -0.15) is 18.3 Å². The molecule has 0 saturated carbocycles. The van der Waals surface area contributed by atoms with Crippen LogP contribution in [0, 0.1) is 0 Å². The van der Waals surface area contributed by atoms with Gasteiger partial charge in [-0.3, -0.25) is 9.48 Å². The average molecular weight is 419 g/mol. The quantitative estimate of drug-likeness (QED) is 0.639. The first-order chi connectivity index (χ1) is 14.2. The maximum atomic E-state index is 12.8. The Kier molecular flexibility index (Phi) is 6.06. The van der Waals surface area contributed by atoms with Gasteiger partial charge in [-0.25, -0.2) is 4.98 Å². The van der Waals surface area contributed by atoms with Crippen LogP contribution in [0.5, 0.6) is 11.6 Å². The molecule has 10 heteroatoms. The fourth-order valence-electron chi connectivity index (χ4n) is 2.59. The van der Waals surface area contributed by atoms with Gasteiger partial charge in [0.25, 0.3) is 5.91 Å². The topological polar surface area (TPSA) is 95.1 Å². The number of nitrogens with two attached hydrogens (primary N) is 1. The van der Waals surface area contributed by atoms with Crippen LogP contribution in [0.15, 0.2) is 48.8 Å². The number of halogens is 3. The number of rotatable bonds is 6. The smallest absolute Gasteiger partial charge is 0.416 e. The number of hydrogen-bond donors (Lipinski definition) is 2. The number of ether oxygens (including phenoxy) is 1. The van der Waals surface area contributed by atoms with Gasteiger partial charge >= 0.3 is 6.18 Å². The molecule has 1 aromatic carbocycles. The standard InChI is InChI=1S/C20H20F3N5O2/c1-12(10-24)26-18(29)13-9-16(17-7-8-28(2)27-17)19(25-11-13)30-15-5-3-14(4-6-15)20(21,22)23/h3-9,11-12H,10,24H2,1-2H3,(H,26,29)/t12-/m0/s1. The van der Waals surface area contributed by atoms with Crippen molar-refractivity contribution in [1.82, 2.24) is 20.1 Å². The van der Waals surface area contributed by atoms with E-state index in [1.54, 1.807) is 37.0 Å². The van der Waals surface area contributed by atoms with Crippen molar-refractivity contribution in [1.29, 1.82) is 0 Å². The number of pyridine rings is 1. The second kappa shape index (κ2) is 8.54. The Morgan fingerprint density at radius 1 is 1.27 bits per heavy atom. The summed E-state index contributed by atoms with van der Waals surface area (Å²) >= 11 is 0. The van der Waals surface area contributed by atoms with Crippen LogP contribution in [0.3, 0.4) is 0 Å². The largest absolute Gasteiger partial charge is 0.438 e. The Morgan fingerprint density at radius 2 is 1.97 bits per heavy atom. The lowest BCUT2D eigenvalue weighted by Gasteiger charge is -2.14. The summed E-state index contributed by atoms with van der Waals surface area (Å²) < 4.78 is 45.6. The molecule has 2 aromatic heterocycles. The number of benzene rings is 1. The minimum Gasteiger partial charge on any atom is -0.438 e. The van der Waals surface area contributed by atoms with E-state index < -0.39 is 11.7 Å². The predicted octanol–water partition coefficient (Wildman–Crippen LogP) is 3.37. The van der Waals surface area contributed by atoms with E-state index in [2.05, 4.69) is 15.4 Å². The molecular weight excluding hydrogens is 399 g/mol. The van der Waals surface area contributed by atoms with Gasteiger partial charge < -0.3 is 15.8 Å². The minimum absolute atomic E-state index is 0.108. The van der Waals surface area contributed by atoms with Gasteiger partial charge in [0, 0.05) is 32.0 Å². The summed E-state index contributed by atoms with van der Waals surface area (Å²) in [6.07, 6.45) is -1.41. The molecule has 30 heavy (non-hydrogen) atoms. The van der Waals surface area contributed by atoms with Crippen molar-refractivity contribution in [2.75, 3.05) is 6.54 Å². The molecule has 0 spiro atoms. The van der Waals surface area contributed by atoms with Gasteiger partial charge in [-0.05, 0) is 43.3 Å². The zero-order valence-corrected chi connectivity index (χ0v) is 16.3. The molecule has 0 aliphatic carbocycles. The van der Waals surface area contributed by atoms with E-state index in [0.29, 0.717) is 11.3 Å².